The predicted octanol–water partition coefficient (Wildman–Crippen LogP) is 1.21. The topological polar surface area (TPSA) is 95.7 Å². The number of amides is 3. The van der Waals surface area contributed by atoms with Gasteiger partial charge in [0.2, 0.25) is 11.0 Å². The number of carbonyl (C=O) groups excluding carboxylic acids is 3. The summed E-state index contributed by atoms with van der Waals surface area (Å²) in [6.45, 7) is 0. The molecule has 2 aromatic carbocycles. The fourth-order valence-corrected chi connectivity index (χ4v) is 3.04. The van der Waals surface area contributed by atoms with Crippen molar-refractivity contribution in [1.29, 1.82) is 0 Å². The van der Waals surface area contributed by atoms with E-state index in [4.69, 9.17) is 18.0 Å². The molecule has 0 spiro atoms. The number of thiocarbonyl (C=S) groups is 1. The van der Waals surface area contributed by atoms with Crippen LogP contribution < -0.4 is 16.1 Å². The third-order valence-corrected chi connectivity index (χ3v) is 4.26. The van der Waals surface area contributed by atoms with Crippen LogP contribution in [0.3, 0.4) is 0 Å². The molecule has 3 N–H and O–H groups in total. The molecular formula is C18H16N4O3S. The number of rotatable bonds is 5. The molecule has 0 unspecified atom stereocenters. The molecule has 2 aromatic rings. The maximum atomic E-state index is 12.8. The van der Waals surface area contributed by atoms with Gasteiger partial charge in [-0.1, -0.05) is 36.4 Å². The zero-order valence-electron chi connectivity index (χ0n) is 13.7. The molecule has 0 saturated carbocycles. The second-order valence-electron chi connectivity index (χ2n) is 5.65. The molecule has 1 heterocycles. The smallest absolute Gasteiger partial charge is 0.269 e. The number of primary amides is 1. The number of nitrogens with zero attached hydrogens (tertiary/aromatic N) is 2. The Morgan fingerprint density at radius 3 is 2.19 bits per heavy atom. The van der Waals surface area contributed by atoms with E-state index in [1.807, 2.05) is 6.07 Å². The lowest BCUT2D eigenvalue weighted by Crippen LogP contribution is -2.49. The molecule has 0 aliphatic carbocycles. The number of anilines is 1. The summed E-state index contributed by atoms with van der Waals surface area (Å²) in [4.78, 5) is 38.0. The van der Waals surface area contributed by atoms with Gasteiger partial charge in [-0.05, 0) is 36.5 Å². The molecule has 1 saturated heterocycles. The van der Waals surface area contributed by atoms with Crippen LogP contribution in [0, 0.1) is 0 Å². The van der Waals surface area contributed by atoms with Gasteiger partial charge in [0.05, 0.1) is 12.1 Å². The van der Waals surface area contributed by atoms with Crippen LogP contribution in [0.4, 0.5) is 5.69 Å². The van der Waals surface area contributed by atoms with E-state index in [0.29, 0.717) is 11.3 Å². The molecule has 1 aliphatic rings. The Morgan fingerprint density at radius 2 is 1.62 bits per heavy atom. The minimum Gasteiger partial charge on any atom is -0.370 e. The summed E-state index contributed by atoms with van der Waals surface area (Å²) in [5.41, 5.74) is 8.84. The van der Waals surface area contributed by atoms with Gasteiger partial charge in [-0.2, -0.15) is 0 Å². The Hall–Kier alpha value is -3.26. The molecule has 132 valence electrons. The number of hydrazine groups is 1. The first-order valence-electron chi connectivity index (χ1n) is 7.85. The lowest BCUT2D eigenvalue weighted by atomic mass is 10.2. The number of hydrogen-bond acceptors (Lipinski definition) is 4. The molecular weight excluding hydrogens is 352 g/mol. The number of benzene rings is 2. The first-order chi connectivity index (χ1) is 12.5. The summed E-state index contributed by atoms with van der Waals surface area (Å²) >= 11 is 5.38. The zero-order valence-corrected chi connectivity index (χ0v) is 14.5. The van der Waals surface area contributed by atoms with Crippen molar-refractivity contribution in [2.24, 2.45) is 5.73 Å². The van der Waals surface area contributed by atoms with Gasteiger partial charge in [-0.25, -0.2) is 5.01 Å². The standard InChI is InChI=1S/C18H16N4O3S/c19-15(23)11-14-17(25)21(13-9-5-2-6-10-13)18(26)22(14)20-16(24)12-7-3-1-4-8-12/h1-10,14H,11H2,(H2,19,23)(H,20,24)/t14-/m1/s1. The van der Waals surface area contributed by atoms with E-state index in [2.05, 4.69) is 5.43 Å². The Kier molecular flexibility index (Phi) is 4.94. The molecule has 1 aliphatic heterocycles. The van der Waals surface area contributed by atoms with E-state index in [-0.39, 0.29) is 11.5 Å². The van der Waals surface area contributed by atoms with Crippen LogP contribution in [0.25, 0.3) is 0 Å². The SMILES string of the molecule is NC(=O)C[C@@H]1C(=O)N(c2ccccc2)C(=S)N1NC(=O)c1ccccc1. The summed E-state index contributed by atoms with van der Waals surface area (Å²) in [7, 11) is 0. The maximum Gasteiger partial charge on any atom is 0.269 e. The van der Waals surface area contributed by atoms with E-state index in [1.54, 1.807) is 54.6 Å². The molecule has 7 nitrogen and oxygen atoms in total. The van der Waals surface area contributed by atoms with Crippen molar-refractivity contribution in [1.82, 2.24) is 10.4 Å². The minimum absolute atomic E-state index is 0.0803. The fraction of sp³-hybridized carbons (Fsp3) is 0.111. The highest BCUT2D eigenvalue weighted by Crippen LogP contribution is 2.25. The largest absolute Gasteiger partial charge is 0.370 e. The number of para-hydroxylation sites is 1. The van der Waals surface area contributed by atoms with Gasteiger partial charge in [-0.15, -0.1) is 0 Å². The lowest BCUT2D eigenvalue weighted by molar-refractivity contribution is -0.125. The van der Waals surface area contributed by atoms with Crippen molar-refractivity contribution < 1.29 is 14.4 Å². The van der Waals surface area contributed by atoms with Crippen LogP contribution in [0.15, 0.2) is 60.7 Å². The molecule has 1 atom stereocenters. The van der Waals surface area contributed by atoms with Gasteiger partial charge in [0.1, 0.15) is 6.04 Å². The van der Waals surface area contributed by atoms with Crippen molar-refractivity contribution in [3.8, 4) is 0 Å². The number of nitrogens with one attached hydrogen (secondary N) is 1. The molecule has 8 heteroatoms. The first kappa shape index (κ1) is 17.6. The van der Waals surface area contributed by atoms with E-state index >= 15 is 0 Å². The molecule has 0 radical (unpaired) electrons. The second kappa shape index (κ2) is 7.32. The van der Waals surface area contributed by atoms with Crippen molar-refractivity contribution in [2.75, 3.05) is 4.90 Å². The van der Waals surface area contributed by atoms with Gasteiger partial charge in [0.15, 0.2) is 0 Å². The van der Waals surface area contributed by atoms with Gasteiger partial charge in [0.25, 0.3) is 11.8 Å². The zero-order chi connectivity index (χ0) is 18.7. The highest BCUT2D eigenvalue weighted by atomic mass is 32.1. The average molecular weight is 368 g/mol. The summed E-state index contributed by atoms with van der Waals surface area (Å²) in [6.07, 6.45) is -0.266. The van der Waals surface area contributed by atoms with E-state index in [1.165, 1.54) is 9.91 Å². The van der Waals surface area contributed by atoms with Gasteiger partial charge < -0.3 is 5.73 Å². The minimum atomic E-state index is -0.993. The van der Waals surface area contributed by atoms with Crippen LogP contribution >= 0.6 is 12.2 Å². The molecule has 0 aromatic heterocycles. The van der Waals surface area contributed by atoms with E-state index in [0.717, 1.165) is 0 Å². The second-order valence-corrected chi connectivity index (χ2v) is 6.02. The van der Waals surface area contributed by atoms with Gasteiger partial charge >= 0.3 is 0 Å². The Balaban J connectivity index is 1.90. The third-order valence-electron chi connectivity index (χ3n) is 3.88. The normalized spacial score (nSPS) is 16.7. The van der Waals surface area contributed by atoms with Crippen molar-refractivity contribution in [2.45, 2.75) is 12.5 Å². The highest BCUT2D eigenvalue weighted by molar-refractivity contribution is 7.80. The average Bonchev–Trinajstić information content (AvgIpc) is 2.86. The van der Waals surface area contributed by atoms with Gasteiger partial charge in [0, 0.05) is 5.56 Å². The highest BCUT2D eigenvalue weighted by Gasteiger charge is 2.45. The Bertz CT molecular complexity index is 857. The lowest BCUT2D eigenvalue weighted by Gasteiger charge is -2.24. The quantitative estimate of drug-likeness (QED) is 0.774. The fourth-order valence-electron chi connectivity index (χ4n) is 2.67. The third kappa shape index (κ3) is 3.40. The van der Waals surface area contributed by atoms with Crippen molar-refractivity contribution in [3.05, 3.63) is 66.2 Å². The van der Waals surface area contributed by atoms with Crippen LogP contribution in [0.5, 0.6) is 0 Å². The maximum absolute atomic E-state index is 12.8. The van der Waals surface area contributed by atoms with E-state index in [9.17, 15) is 14.4 Å². The molecule has 1 fully saturated rings. The molecule has 3 amide bonds. The summed E-state index contributed by atoms with van der Waals surface area (Å²) < 4.78 is 0. The van der Waals surface area contributed by atoms with E-state index < -0.39 is 23.8 Å². The monoisotopic (exact) mass is 368 g/mol. The van der Waals surface area contributed by atoms with Crippen LogP contribution in [0.2, 0.25) is 0 Å². The number of nitrogens with two attached hydrogens (primary N) is 1. The van der Waals surface area contributed by atoms with Crippen LogP contribution in [0.1, 0.15) is 16.8 Å². The number of hydrogen-bond donors (Lipinski definition) is 2. The molecule has 3 rings (SSSR count). The predicted molar refractivity (Wildman–Crippen MR) is 99.9 cm³/mol. The van der Waals surface area contributed by atoms with Crippen LogP contribution in [-0.4, -0.2) is 33.9 Å². The Labute approximate surface area is 155 Å². The summed E-state index contributed by atoms with van der Waals surface area (Å²) in [6, 6.07) is 16.3. The van der Waals surface area contributed by atoms with Gasteiger partial charge in [-0.3, -0.25) is 24.7 Å². The summed E-state index contributed by atoms with van der Waals surface area (Å²) in [5.74, 6) is -1.53. The number of carbonyl (C=O) groups is 3. The summed E-state index contributed by atoms with van der Waals surface area (Å²) in [5, 5.41) is 1.31. The van der Waals surface area contributed by atoms with Crippen molar-refractivity contribution >= 4 is 40.7 Å². The Morgan fingerprint density at radius 1 is 1.04 bits per heavy atom. The van der Waals surface area contributed by atoms with Crippen LogP contribution in [-0.2, 0) is 9.59 Å². The first-order valence-corrected chi connectivity index (χ1v) is 8.26. The molecule has 26 heavy (non-hydrogen) atoms. The van der Waals surface area contributed by atoms with Crippen molar-refractivity contribution in [3.63, 3.8) is 0 Å². The molecule has 0 bridgehead atoms.